The van der Waals surface area contributed by atoms with Crippen LogP contribution in [0.25, 0.3) is 0 Å². The summed E-state index contributed by atoms with van der Waals surface area (Å²) in [6.07, 6.45) is 11.2. The highest BCUT2D eigenvalue weighted by Gasteiger charge is 2.45. The van der Waals surface area contributed by atoms with Gasteiger partial charge in [0.2, 0.25) is 5.69 Å². The van der Waals surface area contributed by atoms with Crippen molar-refractivity contribution in [2.45, 2.75) is 87.3 Å². The highest BCUT2D eigenvalue weighted by atomic mass is 32.2. The molecule has 0 aliphatic carbocycles. The van der Waals surface area contributed by atoms with Gasteiger partial charge >= 0.3 is 0 Å². The zero-order valence-corrected chi connectivity index (χ0v) is 31.1. The van der Waals surface area contributed by atoms with Gasteiger partial charge in [-0.15, -0.1) is 5.06 Å². The molecule has 0 bridgehead atoms. The van der Waals surface area contributed by atoms with Gasteiger partial charge in [0.05, 0.1) is 15.2 Å². The molecule has 51 heavy (non-hydrogen) atoms. The summed E-state index contributed by atoms with van der Waals surface area (Å²) in [5, 5.41) is 0.760. The molecule has 0 aromatic heterocycles. The fourth-order valence-corrected chi connectivity index (χ4v) is 8.29. The first-order chi connectivity index (χ1) is 23.8. The van der Waals surface area contributed by atoms with E-state index in [0.29, 0.717) is 32.4 Å². The van der Waals surface area contributed by atoms with Gasteiger partial charge < -0.3 is 9.74 Å². The quantitative estimate of drug-likeness (QED) is 0.0804. The maximum Gasteiger partial charge on any atom is 0.294 e. The molecule has 2 amide bonds. The number of nitrogens with zero attached hydrogens (tertiary/aromatic N) is 3. The first kappa shape index (κ1) is 37.9. The van der Waals surface area contributed by atoms with Crippen molar-refractivity contribution in [3.05, 3.63) is 95.9 Å². The molecule has 0 spiro atoms. The summed E-state index contributed by atoms with van der Waals surface area (Å²) >= 11 is 0. The minimum absolute atomic E-state index is 0.0975. The van der Waals surface area contributed by atoms with Crippen LogP contribution in [0.2, 0.25) is 0 Å². The monoisotopic (exact) mass is 738 g/mol. The summed E-state index contributed by atoms with van der Waals surface area (Å²) in [5.74, 6) is -0.554. The minimum Gasteiger partial charge on any atom is -0.374 e. The van der Waals surface area contributed by atoms with Crippen molar-refractivity contribution in [1.29, 1.82) is 0 Å². The Hall–Kier alpha value is -4.37. The van der Waals surface area contributed by atoms with Gasteiger partial charge in [-0.1, -0.05) is 24.8 Å². The van der Waals surface area contributed by atoms with Gasteiger partial charge in [-0.2, -0.15) is 21.4 Å². The Morgan fingerprint density at radius 3 is 2.12 bits per heavy atom. The minimum atomic E-state index is -4.47. The molecule has 3 heterocycles. The Labute approximate surface area is 299 Å². The molecule has 2 aromatic rings. The topological polar surface area (TPSA) is 162 Å². The van der Waals surface area contributed by atoms with Crippen molar-refractivity contribution in [2.24, 2.45) is 0 Å². The lowest BCUT2D eigenvalue weighted by Gasteiger charge is -2.30. The van der Waals surface area contributed by atoms with Crippen molar-refractivity contribution < 1.29 is 44.9 Å². The second kappa shape index (κ2) is 14.0. The molecular weight excluding hydrogens is 695 g/mol. The normalized spacial score (nSPS) is 21.1. The van der Waals surface area contributed by atoms with Crippen LogP contribution in [0.4, 0.5) is 11.4 Å². The molecule has 0 radical (unpaired) electrons. The molecule has 272 valence electrons. The SMILES string of the molecule is C=C(CCCC1(C)\C(=C/C=C/C=C/C2=[N+](CC)c3ccc(S(=O)(=O)O)cc3C2(C)C)N(CC)c2ccc(S(=O)(=O)O)cc21)ON1C(=O)CCC1=O. The van der Waals surface area contributed by atoms with Crippen molar-refractivity contribution in [1.82, 2.24) is 5.06 Å². The van der Waals surface area contributed by atoms with E-state index in [0.717, 1.165) is 39.0 Å². The van der Waals surface area contributed by atoms with Crippen LogP contribution in [0.3, 0.4) is 0 Å². The third-order valence-corrected chi connectivity index (χ3v) is 11.6. The predicted octanol–water partition coefficient (Wildman–Crippen LogP) is 6.13. The van der Waals surface area contributed by atoms with Gasteiger partial charge in [-0.25, -0.2) is 0 Å². The summed E-state index contributed by atoms with van der Waals surface area (Å²) in [4.78, 5) is 31.2. The van der Waals surface area contributed by atoms with Crippen LogP contribution >= 0.6 is 0 Å². The largest absolute Gasteiger partial charge is 0.374 e. The van der Waals surface area contributed by atoms with Crippen LogP contribution in [-0.4, -0.2) is 66.2 Å². The highest BCUT2D eigenvalue weighted by Crippen LogP contribution is 2.51. The standard InChI is InChI=1S/C37H43N3O9S2/c1-7-38-30-18-16-26(50(43,44)45)23-28(30)36(4,5)32(38)14-10-9-11-15-33-37(6,22-12-13-25(3)49-40-34(41)20-21-35(40)42)29-24-27(51(46,47)48)17-19-31(29)39(33)8-2/h9-11,14-19,23-24H,3,7-8,12-13,20-22H2,1-2,4-6H3,(H-,43,44,45,46,47,48)/p+1. The Morgan fingerprint density at radius 2 is 1.53 bits per heavy atom. The number of fused-ring (bicyclic) bond motifs is 2. The number of allylic oxidation sites excluding steroid dienone is 7. The van der Waals surface area contributed by atoms with E-state index in [1.165, 1.54) is 24.3 Å². The molecule has 5 rings (SSSR count). The lowest BCUT2D eigenvalue weighted by Crippen LogP contribution is -2.29. The van der Waals surface area contributed by atoms with Gasteiger partial charge in [-0.3, -0.25) is 18.7 Å². The molecule has 1 saturated heterocycles. The molecule has 1 atom stereocenters. The van der Waals surface area contributed by atoms with E-state index in [1.807, 2.05) is 65.0 Å². The van der Waals surface area contributed by atoms with Gasteiger partial charge in [0, 0.05) is 60.3 Å². The maximum atomic E-state index is 12.2. The van der Waals surface area contributed by atoms with Crippen molar-refractivity contribution >= 4 is 49.1 Å². The number of rotatable bonds is 13. The van der Waals surface area contributed by atoms with Crippen molar-refractivity contribution in [2.75, 3.05) is 18.0 Å². The number of amides is 2. The van der Waals surface area contributed by atoms with E-state index in [-0.39, 0.29) is 28.4 Å². The molecule has 2 aromatic carbocycles. The van der Waals surface area contributed by atoms with E-state index in [2.05, 4.69) is 16.1 Å². The molecular formula is C37H44N3O9S2+. The maximum absolute atomic E-state index is 12.2. The van der Waals surface area contributed by atoms with E-state index in [1.54, 1.807) is 12.1 Å². The summed E-state index contributed by atoms with van der Waals surface area (Å²) in [6, 6.07) is 9.22. The van der Waals surface area contributed by atoms with E-state index in [9.17, 15) is 35.5 Å². The third-order valence-electron chi connectivity index (χ3n) is 9.89. The molecule has 2 N–H and O–H groups in total. The number of likely N-dealkylation sites (N-methyl/N-ethyl adjacent to an activating group) is 1. The van der Waals surface area contributed by atoms with Crippen molar-refractivity contribution in [3.8, 4) is 0 Å². The fourth-order valence-electron chi connectivity index (χ4n) is 7.28. The summed E-state index contributed by atoms with van der Waals surface area (Å²) in [5.41, 5.74) is 3.82. The van der Waals surface area contributed by atoms with Crippen LogP contribution < -0.4 is 4.90 Å². The van der Waals surface area contributed by atoms with Crippen molar-refractivity contribution in [3.63, 3.8) is 0 Å². The van der Waals surface area contributed by atoms with Crippen LogP contribution in [-0.2, 0) is 45.5 Å². The lowest BCUT2D eigenvalue weighted by molar-refractivity contribution is -0.433. The number of carbonyl (C=O) groups excluding carboxylic acids is 2. The number of benzene rings is 2. The predicted molar refractivity (Wildman–Crippen MR) is 193 cm³/mol. The van der Waals surface area contributed by atoms with Crippen LogP contribution in [0.5, 0.6) is 0 Å². The van der Waals surface area contributed by atoms with E-state index >= 15 is 0 Å². The molecule has 12 nitrogen and oxygen atoms in total. The average Bonchev–Trinajstić information content (AvgIpc) is 3.58. The smallest absolute Gasteiger partial charge is 0.294 e. The summed E-state index contributed by atoms with van der Waals surface area (Å²) in [7, 11) is -8.83. The number of imide groups is 1. The molecule has 1 unspecified atom stereocenters. The number of anilines is 1. The Kier molecular flexibility index (Phi) is 10.4. The third kappa shape index (κ3) is 7.23. The number of hydrogen-bond acceptors (Lipinski definition) is 8. The number of hydrogen-bond donors (Lipinski definition) is 2. The number of hydroxylamine groups is 2. The van der Waals surface area contributed by atoms with Gasteiger partial charge in [0.15, 0.2) is 5.71 Å². The van der Waals surface area contributed by atoms with Crippen LogP contribution in [0.1, 0.15) is 77.8 Å². The Bertz CT molecular complexity index is 2130. The number of carbonyl (C=O) groups is 2. The first-order valence-electron chi connectivity index (χ1n) is 16.8. The zero-order valence-electron chi connectivity index (χ0n) is 29.4. The Balaban J connectivity index is 1.43. The van der Waals surface area contributed by atoms with Gasteiger partial charge in [0.1, 0.15) is 12.3 Å². The van der Waals surface area contributed by atoms with Crippen LogP contribution in [0, 0.1) is 0 Å². The van der Waals surface area contributed by atoms with E-state index < -0.39 is 42.9 Å². The molecule has 1 fully saturated rings. The van der Waals surface area contributed by atoms with Crippen LogP contribution in [0.15, 0.2) is 94.6 Å². The fraction of sp³-hybridized carbons (Fsp3) is 0.378. The zero-order chi connectivity index (χ0) is 37.5. The summed E-state index contributed by atoms with van der Waals surface area (Å²) < 4.78 is 69.6. The molecule has 0 saturated carbocycles. The highest BCUT2D eigenvalue weighted by molar-refractivity contribution is 7.86. The second-order valence-corrected chi connectivity index (χ2v) is 16.3. The molecule has 3 aliphatic heterocycles. The lowest BCUT2D eigenvalue weighted by atomic mass is 9.77. The second-order valence-electron chi connectivity index (χ2n) is 13.5. The Morgan fingerprint density at radius 1 is 0.922 bits per heavy atom. The average molecular weight is 739 g/mol. The van der Waals surface area contributed by atoms with Gasteiger partial charge in [0.25, 0.3) is 32.1 Å². The molecule has 3 aliphatic rings. The summed E-state index contributed by atoms with van der Waals surface area (Å²) in [6.45, 7) is 15.1. The first-order valence-corrected chi connectivity index (χ1v) is 19.7. The van der Waals surface area contributed by atoms with Gasteiger partial charge in [-0.05, 0) is 89.4 Å². The van der Waals surface area contributed by atoms with E-state index in [4.69, 9.17) is 4.84 Å². The molecule has 14 heteroatoms.